The molecule has 0 aliphatic heterocycles. The second-order valence-corrected chi connectivity index (χ2v) is 13.7. The van der Waals surface area contributed by atoms with E-state index in [1.165, 1.54) is 51.4 Å². The number of esters is 1. The van der Waals surface area contributed by atoms with Crippen LogP contribution in [-0.2, 0) is 19.1 Å². The Morgan fingerprint density at radius 1 is 0.479 bits per heavy atom. The average Bonchev–Trinajstić information content (AvgIpc) is 3.06. The molecule has 5 heteroatoms. The summed E-state index contributed by atoms with van der Waals surface area (Å²) in [5.74, 6) is -0.896. The maximum absolute atomic E-state index is 13.1. The number of unbranched alkanes of at least 4 members (excludes halogenated alkanes) is 16. The second kappa shape index (κ2) is 36.0. The Balaban J connectivity index is 4.32. The van der Waals surface area contributed by atoms with Crippen molar-refractivity contribution in [3.05, 3.63) is 48.6 Å². The van der Waals surface area contributed by atoms with Gasteiger partial charge in [0.2, 0.25) is 6.10 Å². The van der Waals surface area contributed by atoms with Gasteiger partial charge in [0.25, 0.3) is 0 Å². The standard InChI is InChI=1S/C43H75NO4/c1-5-7-9-11-13-15-17-19-21-23-25-27-29-31-33-36-40(45)43(48-42(47)38-35-39-44(3)4)41(46)37-34-32-30-28-26-24-22-20-18-16-14-12-10-8-6-2/h13-16,19-22,43H,5-12,17-18,23-39H2,1-4H3/b15-13-,16-14-,21-19-,22-20-. The molecule has 276 valence electrons. The number of carbonyl (C=O) groups is 3. The predicted molar refractivity (Wildman–Crippen MR) is 206 cm³/mol. The van der Waals surface area contributed by atoms with E-state index in [0.29, 0.717) is 19.3 Å². The third-order valence-electron chi connectivity index (χ3n) is 8.57. The molecule has 0 amide bonds. The third kappa shape index (κ3) is 32.3. The summed E-state index contributed by atoms with van der Waals surface area (Å²) in [6.45, 7) is 5.23. The van der Waals surface area contributed by atoms with Crippen LogP contribution in [-0.4, -0.2) is 49.2 Å². The van der Waals surface area contributed by atoms with E-state index < -0.39 is 12.1 Å². The summed E-state index contributed by atoms with van der Waals surface area (Å²) in [4.78, 5) is 40.6. The number of Topliss-reactive ketones (excluding diaryl/α,β-unsaturated/α-hetero) is 2. The lowest BCUT2D eigenvalue weighted by Crippen LogP contribution is -2.35. The molecule has 0 unspecified atom stereocenters. The highest BCUT2D eigenvalue weighted by Gasteiger charge is 2.29. The molecule has 0 saturated heterocycles. The SMILES string of the molecule is CCCCC/C=C\C/C=C\CCCCCCCC(=O)C(OC(=O)CCCN(C)C)C(=O)CCCCCCC/C=C\C/C=C\CCCCC. The maximum Gasteiger partial charge on any atom is 0.306 e. The molecule has 0 radical (unpaired) electrons. The summed E-state index contributed by atoms with van der Waals surface area (Å²) < 4.78 is 5.52. The quantitative estimate of drug-likeness (QED) is 0.0291. The number of ether oxygens (including phenoxy) is 1. The minimum atomic E-state index is -1.23. The van der Waals surface area contributed by atoms with E-state index in [1.54, 1.807) is 0 Å². The Kier molecular flexibility index (Phi) is 34.3. The highest BCUT2D eigenvalue weighted by molar-refractivity contribution is 6.06. The van der Waals surface area contributed by atoms with Gasteiger partial charge in [0.1, 0.15) is 0 Å². The van der Waals surface area contributed by atoms with Crippen LogP contribution in [0.15, 0.2) is 48.6 Å². The van der Waals surface area contributed by atoms with Crippen molar-refractivity contribution in [3.8, 4) is 0 Å². The first-order chi connectivity index (χ1) is 23.4. The van der Waals surface area contributed by atoms with Gasteiger partial charge in [-0.15, -0.1) is 0 Å². The fourth-order valence-electron chi connectivity index (χ4n) is 5.52. The molecule has 0 spiro atoms. The topological polar surface area (TPSA) is 63.7 Å². The van der Waals surface area contributed by atoms with E-state index in [0.717, 1.165) is 96.4 Å². The lowest BCUT2D eigenvalue weighted by Gasteiger charge is -2.16. The Labute approximate surface area is 297 Å². The van der Waals surface area contributed by atoms with E-state index in [-0.39, 0.29) is 18.0 Å². The third-order valence-corrected chi connectivity index (χ3v) is 8.57. The van der Waals surface area contributed by atoms with Crippen LogP contribution in [0.25, 0.3) is 0 Å². The van der Waals surface area contributed by atoms with E-state index in [2.05, 4.69) is 62.5 Å². The summed E-state index contributed by atoms with van der Waals surface area (Å²) in [5, 5.41) is 0. The average molecular weight is 670 g/mol. The number of hydrogen-bond donors (Lipinski definition) is 0. The van der Waals surface area contributed by atoms with Crippen molar-refractivity contribution in [1.29, 1.82) is 0 Å². The number of ketones is 2. The molecule has 0 bridgehead atoms. The molecular formula is C43H75NO4. The van der Waals surface area contributed by atoms with Crippen molar-refractivity contribution in [3.63, 3.8) is 0 Å². The molecule has 0 aliphatic carbocycles. The molecule has 5 nitrogen and oxygen atoms in total. The normalized spacial score (nSPS) is 12.2. The molecule has 48 heavy (non-hydrogen) atoms. The fraction of sp³-hybridized carbons (Fsp3) is 0.744. The number of nitrogens with zero attached hydrogens (tertiary/aromatic N) is 1. The molecule has 0 saturated carbocycles. The molecule has 0 heterocycles. The van der Waals surface area contributed by atoms with Gasteiger partial charge in [0.05, 0.1) is 0 Å². The first-order valence-electron chi connectivity index (χ1n) is 19.9. The lowest BCUT2D eigenvalue weighted by atomic mass is 9.99. The highest BCUT2D eigenvalue weighted by atomic mass is 16.5. The molecule has 0 aliphatic rings. The lowest BCUT2D eigenvalue weighted by molar-refractivity contribution is -0.160. The molecule has 0 rings (SSSR count). The van der Waals surface area contributed by atoms with Crippen molar-refractivity contribution in [2.45, 2.75) is 187 Å². The molecule has 0 N–H and O–H groups in total. The van der Waals surface area contributed by atoms with E-state index in [1.807, 2.05) is 19.0 Å². The summed E-state index contributed by atoms with van der Waals surface area (Å²) >= 11 is 0. The number of hydrogen-bond acceptors (Lipinski definition) is 5. The van der Waals surface area contributed by atoms with Gasteiger partial charge in [0, 0.05) is 19.3 Å². The van der Waals surface area contributed by atoms with Crippen molar-refractivity contribution in [2.24, 2.45) is 0 Å². The van der Waals surface area contributed by atoms with Crippen molar-refractivity contribution >= 4 is 17.5 Å². The Hall–Kier alpha value is -2.27. The van der Waals surface area contributed by atoms with Crippen LogP contribution in [0.2, 0.25) is 0 Å². The highest BCUT2D eigenvalue weighted by Crippen LogP contribution is 2.15. The largest absolute Gasteiger partial charge is 0.446 e. The van der Waals surface area contributed by atoms with Gasteiger partial charge in [-0.3, -0.25) is 14.4 Å². The first kappa shape index (κ1) is 45.7. The van der Waals surface area contributed by atoms with Crippen molar-refractivity contribution in [2.75, 3.05) is 20.6 Å². The minimum absolute atomic E-state index is 0.225. The van der Waals surface area contributed by atoms with Crippen LogP contribution in [0.3, 0.4) is 0 Å². The van der Waals surface area contributed by atoms with Crippen molar-refractivity contribution in [1.82, 2.24) is 4.90 Å². The first-order valence-corrected chi connectivity index (χ1v) is 19.9. The molecular weight excluding hydrogens is 594 g/mol. The zero-order valence-corrected chi connectivity index (χ0v) is 31.9. The van der Waals surface area contributed by atoms with E-state index in [9.17, 15) is 14.4 Å². The second-order valence-electron chi connectivity index (χ2n) is 13.7. The van der Waals surface area contributed by atoms with Crippen LogP contribution < -0.4 is 0 Å². The summed E-state index contributed by atoms with van der Waals surface area (Å²) in [6.07, 6.45) is 42.9. The van der Waals surface area contributed by atoms with Crippen LogP contribution in [0.1, 0.15) is 181 Å². The van der Waals surface area contributed by atoms with Crippen LogP contribution in [0.4, 0.5) is 0 Å². The van der Waals surface area contributed by atoms with Gasteiger partial charge in [-0.05, 0) is 104 Å². The van der Waals surface area contributed by atoms with Crippen LogP contribution in [0, 0.1) is 0 Å². The summed E-state index contributed by atoms with van der Waals surface area (Å²) in [5.41, 5.74) is 0. The summed E-state index contributed by atoms with van der Waals surface area (Å²) in [6, 6.07) is 0. The van der Waals surface area contributed by atoms with Crippen LogP contribution >= 0.6 is 0 Å². The molecule has 0 atom stereocenters. The fourth-order valence-corrected chi connectivity index (χ4v) is 5.52. The monoisotopic (exact) mass is 670 g/mol. The van der Waals surface area contributed by atoms with E-state index >= 15 is 0 Å². The van der Waals surface area contributed by atoms with E-state index in [4.69, 9.17) is 4.74 Å². The molecule has 0 aromatic rings. The molecule has 0 fully saturated rings. The van der Waals surface area contributed by atoms with Crippen molar-refractivity contribution < 1.29 is 19.1 Å². The number of rotatable bonds is 35. The Morgan fingerprint density at radius 3 is 1.25 bits per heavy atom. The van der Waals surface area contributed by atoms with Gasteiger partial charge >= 0.3 is 5.97 Å². The van der Waals surface area contributed by atoms with Crippen LogP contribution in [0.5, 0.6) is 0 Å². The smallest absolute Gasteiger partial charge is 0.306 e. The van der Waals surface area contributed by atoms with Gasteiger partial charge in [0.15, 0.2) is 11.6 Å². The zero-order chi connectivity index (χ0) is 35.3. The predicted octanol–water partition coefficient (Wildman–Crippen LogP) is 12.0. The number of carbonyl (C=O) groups excluding carboxylic acids is 3. The van der Waals surface area contributed by atoms with Gasteiger partial charge in [-0.1, -0.05) is 127 Å². The molecule has 0 aromatic carbocycles. The van der Waals surface area contributed by atoms with Gasteiger partial charge in [-0.25, -0.2) is 0 Å². The molecule has 0 aromatic heterocycles. The number of allylic oxidation sites excluding steroid dienone is 8. The summed E-state index contributed by atoms with van der Waals surface area (Å²) in [7, 11) is 3.91. The van der Waals surface area contributed by atoms with Gasteiger partial charge < -0.3 is 9.64 Å². The Bertz CT molecular complexity index is 827. The maximum atomic E-state index is 13.1. The van der Waals surface area contributed by atoms with Gasteiger partial charge in [-0.2, -0.15) is 0 Å². The zero-order valence-electron chi connectivity index (χ0n) is 31.9. The minimum Gasteiger partial charge on any atom is -0.446 e. The Morgan fingerprint density at radius 2 is 0.854 bits per heavy atom.